The maximum Gasteiger partial charge on any atom is 0.308 e. The van der Waals surface area contributed by atoms with E-state index in [0.29, 0.717) is 30.9 Å². The van der Waals surface area contributed by atoms with Gasteiger partial charge in [0.15, 0.2) is 11.5 Å². The van der Waals surface area contributed by atoms with E-state index in [-0.39, 0.29) is 37.5 Å². The number of carboxylic acids is 1. The second-order valence-electron chi connectivity index (χ2n) is 10.1. The number of likely N-dealkylation sites (tertiary alicyclic amines) is 1. The van der Waals surface area contributed by atoms with Crippen LogP contribution in [0.5, 0.6) is 11.5 Å². The van der Waals surface area contributed by atoms with Gasteiger partial charge >= 0.3 is 5.97 Å². The minimum absolute atomic E-state index is 0.0778. The van der Waals surface area contributed by atoms with E-state index in [1.165, 1.54) is 12.5 Å². The van der Waals surface area contributed by atoms with Crippen molar-refractivity contribution in [1.82, 2.24) is 9.80 Å². The predicted molar refractivity (Wildman–Crippen MR) is 137 cm³/mol. The van der Waals surface area contributed by atoms with E-state index in [1.807, 2.05) is 23.1 Å². The Morgan fingerprint density at radius 1 is 1.00 bits per heavy atom. The SMILES string of the molecule is CCCCN(CCCC)C(=O)CN1C[C@H](c2ccc3c(c2)OCO3)[C@@H](C(=O)O)[C@@H]1CCCC1OC=CO1. The first-order valence-corrected chi connectivity index (χ1v) is 13.6. The number of benzene rings is 1. The van der Waals surface area contributed by atoms with Crippen LogP contribution in [-0.4, -0.2) is 72.1 Å². The molecule has 9 nitrogen and oxygen atoms in total. The van der Waals surface area contributed by atoms with Gasteiger partial charge in [-0.3, -0.25) is 14.5 Å². The number of carboxylic acid groups (broad SMARTS) is 1. The van der Waals surface area contributed by atoms with Crippen molar-refractivity contribution in [1.29, 1.82) is 0 Å². The smallest absolute Gasteiger partial charge is 0.308 e. The monoisotopic (exact) mass is 516 g/mol. The van der Waals surface area contributed by atoms with Crippen molar-refractivity contribution in [2.24, 2.45) is 5.92 Å². The molecule has 0 saturated carbocycles. The number of carbonyl (C=O) groups is 2. The highest BCUT2D eigenvalue weighted by Gasteiger charge is 2.47. The van der Waals surface area contributed by atoms with Gasteiger partial charge < -0.3 is 29.0 Å². The molecule has 3 aliphatic heterocycles. The minimum Gasteiger partial charge on any atom is -0.481 e. The summed E-state index contributed by atoms with van der Waals surface area (Å²) in [7, 11) is 0. The summed E-state index contributed by atoms with van der Waals surface area (Å²) in [6.45, 7) is 6.62. The number of nitrogens with zero attached hydrogens (tertiary/aromatic N) is 2. The van der Waals surface area contributed by atoms with Crippen LogP contribution in [0.4, 0.5) is 0 Å². The van der Waals surface area contributed by atoms with Gasteiger partial charge in [0.2, 0.25) is 19.0 Å². The molecule has 37 heavy (non-hydrogen) atoms. The Bertz CT molecular complexity index is 936. The number of hydrogen-bond donors (Lipinski definition) is 1. The van der Waals surface area contributed by atoms with Crippen LogP contribution in [0.15, 0.2) is 30.7 Å². The lowest BCUT2D eigenvalue weighted by Crippen LogP contribution is -2.44. The van der Waals surface area contributed by atoms with Gasteiger partial charge in [-0.05, 0) is 43.4 Å². The number of aliphatic carboxylic acids is 1. The zero-order valence-electron chi connectivity index (χ0n) is 22.0. The van der Waals surface area contributed by atoms with Gasteiger partial charge in [-0.2, -0.15) is 0 Å². The highest BCUT2D eigenvalue weighted by Crippen LogP contribution is 2.43. The normalized spacial score (nSPS) is 22.7. The first-order chi connectivity index (χ1) is 18.0. The molecule has 4 rings (SSSR count). The van der Waals surface area contributed by atoms with Gasteiger partial charge in [-0.1, -0.05) is 32.8 Å². The summed E-state index contributed by atoms with van der Waals surface area (Å²) >= 11 is 0. The third-order valence-electron chi connectivity index (χ3n) is 7.57. The number of hydrogen-bond acceptors (Lipinski definition) is 7. The summed E-state index contributed by atoms with van der Waals surface area (Å²) in [6, 6.07) is 5.40. The van der Waals surface area contributed by atoms with Gasteiger partial charge in [-0.25, -0.2) is 0 Å². The number of fused-ring (bicyclic) bond motifs is 1. The van der Waals surface area contributed by atoms with Crippen molar-refractivity contribution in [3.63, 3.8) is 0 Å². The standard InChI is InChI=1S/C28H40N2O7/c1-3-5-12-29(13-6-4-2)25(31)18-30-17-21(20-10-11-23-24(16-20)37-19-36-23)27(28(32)33)22(30)8-7-9-26-34-14-15-35-26/h10-11,14-16,21-22,26-27H,3-9,12-13,17-19H2,1-2H3,(H,32,33)/t21-,22+,27-/m1/s1. The van der Waals surface area contributed by atoms with E-state index in [9.17, 15) is 14.7 Å². The van der Waals surface area contributed by atoms with E-state index in [1.54, 1.807) is 0 Å². The fraction of sp³-hybridized carbons (Fsp3) is 0.643. The minimum atomic E-state index is -0.841. The topological polar surface area (TPSA) is 97.8 Å². The quantitative estimate of drug-likeness (QED) is 0.390. The molecule has 0 bridgehead atoms. The van der Waals surface area contributed by atoms with E-state index in [4.69, 9.17) is 18.9 Å². The van der Waals surface area contributed by atoms with Crippen LogP contribution < -0.4 is 9.47 Å². The summed E-state index contributed by atoms with van der Waals surface area (Å²) in [5.74, 6) is -0.354. The van der Waals surface area contributed by atoms with Crippen molar-refractivity contribution >= 4 is 11.9 Å². The molecule has 0 aromatic heterocycles. The van der Waals surface area contributed by atoms with Crippen molar-refractivity contribution in [3.8, 4) is 11.5 Å². The molecule has 0 unspecified atom stereocenters. The third kappa shape index (κ3) is 6.69. The molecule has 3 aliphatic rings. The average molecular weight is 517 g/mol. The molecule has 3 atom stereocenters. The first kappa shape index (κ1) is 27.1. The molecule has 1 aromatic carbocycles. The predicted octanol–water partition coefficient (Wildman–Crippen LogP) is 4.33. The Morgan fingerprint density at radius 2 is 1.70 bits per heavy atom. The second kappa shape index (κ2) is 13.0. The summed E-state index contributed by atoms with van der Waals surface area (Å²) in [4.78, 5) is 30.2. The average Bonchev–Trinajstić information content (AvgIpc) is 3.64. The molecular weight excluding hydrogens is 476 g/mol. The molecule has 1 saturated heterocycles. The summed E-state index contributed by atoms with van der Waals surface area (Å²) in [6.07, 6.45) is 8.73. The number of amides is 1. The highest BCUT2D eigenvalue weighted by atomic mass is 16.7. The summed E-state index contributed by atoms with van der Waals surface area (Å²) in [5, 5.41) is 10.4. The molecule has 1 N–H and O–H groups in total. The number of carbonyl (C=O) groups excluding carboxylic acids is 1. The molecule has 3 heterocycles. The van der Waals surface area contributed by atoms with Gasteiger partial charge in [0.25, 0.3) is 0 Å². The lowest BCUT2D eigenvalue weighted by molar-refractivity contribution is -0.144. The summed E-state index contributed by atoms with van der Waals surface area (Å²) < 4.78 is 21.8. The number of ether oxygens (including phenoxy) is 4. The van der Waals surface area contributed by atoms with Crippen LogP contribution in [0.3, 0.4) is 0 Å². The molecule has 0 spiro atoms. The van der Waals surface area contributed by atoms with E-state index >= 15 is 0 Å². The fourth-order valence-corrected chi connectivity index (χ4v) is 5.57. The Kier molecular flexibility index (Phi) is 9.55. The van der Waals surface area contributed by atoms with Gasteiger partial charge in [-0.15, -0.1) is 0 Å². The van der Waals surface area contributed by atoms with Crippen LogP contribution in [0, 0.1) is 5.92 Å². The van der Waals surface area contributed by atoms with Crippen molar-refractivity contribution in [2.75, 3.05) is 33.0 Å². The lowest BCUT2D eigenvalue weighted by atomic mass is 9.83. The Morgan fingerprint density at radius 3 is 2.38 bits per heavy atom. The van der Waals surface area contributed by atoms with Gasteiger partial charge in [0, 0.05) is 38.0 Å². The maximum absolute atomic E-state index is 13.5. The molecule has 0 radical (unpaired) electrons. The van der Waals surface area contributed by atoms with Crippen LogP contribution in [0.2, 0.25) is 0 Å². The molecule has 9 heteroatoms. The Balaban J connectivity index is 1.53. The van der Waals surface area contributed by atoms with Crippen molar-refractivity contribution in [2.45, 2.75) is 77.0 Å². The van der Waals surface area contributed by atoms with Crippen LogP contribution >= 0.6 is 0 Å². The third-order valence-corrected chi connectivity index (χ3v) is 7.57. The van der Waals surface area contributed by atoms with Crippen molar-refractivity contribution < 1.29 is 33.6 Å². The zero-order valence-corrected chi connectivity index (χ0v) is 22.0. The molecule has 1 amide bonds. The maximum atomic E-state index is 13.5. The molecule has 204 valence electrons. The van der Waals surface area contributed by atoms with E-state index in [0.717, 1.165) is 50.8 Å². The van der Waals surface area contributed by atoms with Crippen molar-refractivity contribution in [3.05, 3.63) is 36.3 Å². The van der Waals surface area contributed by atoms with Gasteiger partial charge in [0.05, 0.1) is 12.5 Å². The Labute approximate surface area is 219 Å². The molecule has 0 aliphatic carbocycles. The van der Waals surface area contributed by atoms with E-state index < -0.39 is 11.9 Å². The molecular formula is C28H40N2O7. The van der Waals surface area contributed by atoms with Crippen LogP contribution in [0.1, 0.15) is 70.3 Å². The zero-order chi connectivity index (χ0) is 26.2. The summed E-state index contributed by atoms with van der Waals surface area (Å²) in [5.41, 5.74) is 0.900. The molecule has 1 aromatic rings. The number of unbranched alkanes of at least 4 members (excludes halogenated alkanes) is 2. The van der Waals surface area contributed by atoms with E-state index in [2.05, 4.69) is 18.7 Å². The van der Waals surface area contributed by atoms with Gasteiger partial charge in [0.1, 0.15) is 12.5 Å². The van der Waals surface area contributed by atoms with Crippen LogP contribution in [0.25, 0.3) is 0 Å². The number of rotatable bonds is 14. The highest BCUT2D eigenvalue weighted by molar-refractivity contribution is 5.79. The lowest BCUT2D eigenvalue weighted by Gasteiger charge is -2.30. The fourth-order valence-electron chi connectivity index (χ4n) is 5.57. The second-order valence-corrected chi connectivity index (χ2v) is 10.1. The Hall–Kier alpha value is -2.94. The molecule has 1 fully saturated rings. The first-order valence-electron chi connectivity index (χ1n) is 13.6. The largest absolute Gasteiger partial charge is 0.481 e. The van der Waals surface area contributed by atoms with Crippen LogP contribution in [-0.2, 0) is 19.1 Å².